The first-order chi connectivity index (χ1) is 6.40. The number of hydrogen-bond donors (Lipinski definition) is 2. The summed E-state index contributed by atoms with van der Waals surface area (Å²) in [6.45, 7) is 0.163. The van der Waals surface area contributed by atoms with E-state index in [-0.39, 0.29) is 6.61 Å². The first-order valence-electron chi connectivity index (χ1n) is 4.08. The van der Waals surface area contributed by atoms with Crippen LogP contribution in [0, 0.1) is 0 Å². The summed E-state index contributed by atoms with van der Waals surface area (Å²) in [5.74, 6) is 0. The molecule has 0 aliphatic heterocycles. The van der Waals surface area contributed by atoms with Gasteiger partial charge in [0.15, 0.2) is 0 Å². The molecule has 2 heterocycles. The van der Waals surface area contributed by atoms with E-state index in [1.807, 2.05) is 23.8 Å². The number of rotatable bonds is 3. The Kier molecular flexibility index (Phi) is 2.42. The lowest BCUT2D eigenvalue weighted by molar-refractivity contribution is 0.298. The molecular weight excluding hydrogens is 184 g/mol. The molecule has 0 aliphatic rings. The molecule has 2 aromatic rings. The zero-order valence-electron chi connectivity index (χ0n) is 7.03. The molecule has 0 unspecified atom stereocenters. The van der Waals surface area contributed by atoms with Crippen LogP contribution in [0.15, 0.2) is 23.8 Å². The van der Waals surface area contributed by atoms with Crippen molar-refractivity contribution in [2.75, 3.05) is 6.61 Å². The number of aromatic nitrogens is 2. The minimum absolute atomic E-state index is 0.163. The SMILES string of the molecule is OCCc1csc(-c2cc[nH]c2)n1. The summed E-state index contributed by atoms with van der Waals surface area (Å²) in [4.78, 5) is 7.37. The molecule has 0 fully saturated rings. The van der Waals surface area contributed by atoms with E-state index in [1.165, 1.54) is 0 Å². The summed E-state index contributed by atoms with van der Waals surface area (Å²) in [7, 11) is 0. The second-order valence-electron chi connectivity index (χ2n) is 2.72. The monoisotopic (exact) mass is 194 g/mol. The third kappa shape index (κ3) is 1.79. The molecule has 0 aliphatic carbocycles. The van der Waals surface area contributed by atoms with E-state index < -0.39 is 0 Å². The lowest BCUT2D eigenvalue weighted by atomic mass is 10.3. The highest BCUT2D eigenvalue weighted by molar-refractivity contribution is 7.13. The van der Waals surface area contributed by atoms with Gasteiger partial charge in [-0.25, -0.2) is 4.98 Å². The van der Waals surface area contributed by atoms with Crippen LogP contribution >= 0.6 is 11.3 Å². The van der Waals surface area contributed by atoms with Crippen molar-refractivity contribution in [2.24, 2.45) is 0 Å². The van der Waals surface area contributed by atoms with Gasteiger partial charge < -0.3 is 10.1 Å². The van der Waals surface area contributed by atoms with Crippen LogP contribution in [0.5, 0.6) is 0 Å². The van der Waals surface area contributed by atoms with Crippen molar-refractivity contribution in [1.29, 1.82) is 0 Å². The highest BCUT2D eigenvalue weighted by Crippen LogP contribution is 2.22. The van der Waals surface area contributed by atoms with Crippen molar-refractivity contribution < 1.29 is 5.11 Å². The molecule has 4 heteroatoms. The van der Waals surface area contributed by atoms with E-state index >= 15 is 0 Å². The Morgan fingerprint density at radius 3 is 3.15 bits per heavy atom. The number of nitrogens with zero attached hydrogens (tertiary/aromatic N) is 1. The molecule has 0 radical (unpaired) electrons. The summed E-state index contributed by atoms with van der Waals surface area (Å²) in [6.07, 6.45) is 4.44. The normalized spacial score (nSPS) is 10.5. The molecule has 2 rings (SSSR count). The molecule has 0 spiro atoms. The number of aliphatic hydroxyl groups is 1. The zero-order valence-corrected chi connectivity index (χ0v) is 7.84. The maximum atomic E-state index is 8.72. The van der Waals surface area contributed by atoms with Gasteiger partial charge >= 0.3 is 0 Å². The smallest absolute Gasteiger partial charge is 0.125 e. The first-order valence-corrected chi connectivity index (χ1v) is 4.96. The molecule has 0 saturated heterocycles. The number of aromatic amines is 1. The van der Waals surface area contributed by atoms with E-state index in [0.717, 1.165) is 16.3 Å². The van der Waals surface area contributed by atoms with Gasteiger partial charge in [0.1, 0.15) is 5.01 Å². The molecule has 0 aromatic carbocycles. The summed E-state index contributed by atoms with van der Waals surface area (Å²) in [6, 6.07) is 1.99. The Labute approximate surface area is 80.1 Å². The van der Waals surface area contributed by atoms with Crippen molar-refractivity contribution in [3.63, 3.8) is 0 Å². The van der Waals surface area contributed by atoms with E-state index in [9.17, 15) is 0 Å². The highest BCUT2D eigenvalue weighted by atomic mass is 32.1. The van der Waals surface area contributed by atoms with Gasteiger partial charge in [0.05, 0.1) is 5.69 Å². The van der Waals surface area contributed by atoms with Gasteiger partial charge in [-0.2, -0.15) is 0 Å². The van der Waals surface area contributed by atoms with Crippen molar-refractivity contribution in [1.82, 2.24) is 9.97 Å². The number of hydrogen-bond acceptors (Lipinski definition) is 3. The van der Waals surface area contributed by atoms with Gasteiger partial charge in [0.25, 0.3) is 0 Å². The van der Waals surface area contributed by atoms with Crippen molar-refractivity contribution in [3.05, 3.63) is 29.5 Å². The summed E-state index contributed by atoms with van der Waals surface area (Å²) >= 11 is 1.60. The Morgan fingerprint density at radius 2 is 2.46 bits per heavy atom. The molecule has 2 aromatic heterocycles. The number of aliphatic hydroxyl groups excluding tert-OH is 1. The fraction of sp³-hybridized carbons (Fsp3) is 0.222. The average Bonchev–Trinajstić information content (AvgIpc) is 2.70. The summed E-state index contributed by atoms with van der Waals surface area (Å²) < 4.78 is 0. The molecule has 68 valence electrons. The molecule has 0 amide bonds. The first kappa shape index (κ1) is 8.47. The van der Waals surface area contributed by atoms with Crippen LogP contribution in [0.25, 0.3) is 10.6 Å². The Balaban J connectivity index is 2.23. The van der Waals surface area contributed by atoms with Crippen LogP contribution in [-0.2, 0) is 6.42 Å². The molecule has 0 bridgehead atoms. The molecule has 13 heavy (non-hydrogen) atoms. The van der Waals surface area contributed by atoms with Gasteiger partial charge in [-0.05, 0) is 6.07 Å². The third-order valence-electron chi connectivity index (χ3n) is 1.76. The Bertz CT molecular complexity index is 367. The minimum Gasteiger partial charge on any atom is -0.396 e. The van der Waals surface area contributed by atoms with E-state index in [2.05, 4.69) is 9.97 Å². The predicted molar refractivity (Wildman–Crippen MR) is 52.7 cm³/mol. The number of thiazole rings is 1. The maximum absolute atomic E-state index is 8.72. The predicted octanol–water partition coefficient (Wildman–Crippen LogP) is 1.67. The second-order valence-corrected chi connectivity index (χ2v) is 3.58. The van der Waals surface area contributed by atoms with Crippen molar-refractivity contribution in [3.8, 4) is 10.6 Å². The maximum Gasteiger partial charge on any atom is 0.125 e. The van der Waals surface area contributed by atoms with Crippen LogP contribution in [-0.4, -0.2) is 21.7 Å². The topological polar surface area (TPSA) is 48.9 Å². The average molecular weight is 194 g/mol. The molecule has 0 saturated carbocycles. The lowest BCUT2D eigenvalue weighted by Crippen LogP contribution is -1.89. The van der Waals surface area contributed by atoms with Crippen molar-refractivity contribution >= 4 is 11.3 Å². The molecular formula is C9H10N2OS. The summed E-state index contributed by atoms with van der Waals surface area (Å²) in [5, 5.41) is 11.7. The van der Waals surface area contributed by atoms with Crippen LogP contribution in [0.3, 0.4) is 0 Å². The minimum atomic E-state index is 0.163. The zero-order chi connectivity index (χ0) is 9.10. The van der Waals surface area contributed by atoms with Gasteiger partial charge in [-0.1, -0.05) is 0 Å². The third-order valence-corrected chi connectivity index (χ3v) is 2.70. The van der Waals surface area contributed by atoms with Crippen molar-refractivity contribution in [2.45, 2.75) is 6.42 Å². The van der Waals surface area contributed by atoms with Crippen LogP contribution in [0.1, 0.15) is 5.69 Å². The van der Waals surface area contributed by atoms with Gasteiger partial charge in [0, 0.05) is 36.4 Å². The Hall–Kier alpha value is -1.13. The largest absolute Gasteiger partial charge is 0.396 e. The second kappa shape index (κ2) is 3.72. The van der Waals surface area contributed by atoms with Gasteiger partial charge in [-0.3, -0.25) is 0 Å². The molecule has 3 nitrogen and oxygen atoms in total. The summed E-state index contributed by atoms with van der Waals surface area (Å²) in [5.41, 5.74) is 2.07. The van der Waals surface area contributed by atoms with E-state index in [0.29, 0.717) is 6.42 Å². The van der Waals surface area contributed by atoms with Crippen LogP contribution in [0.4, 0.5) is 0 Å². The highest BCUT2D eigenvalue weighted by Gasteiger charge is 2.03. The molecule has 0 atom stereocenters. The Morgan fingerprint density at radius 1 is 1.54 bits per heavy atom. The van der Waals surface area contributed by atoms with Crippen LogP contribution in [0.2, 0.25) is 0 Å². The number of nitrogens with one attached hydrogen (secondary N) is 1. The quantitative estimate of drug-likeness (QED) is 0.781. The van der Waals surface area contributed by atoms with E-state index in [4.69, 9.17) is 5.11 Å². The lowest BCUT2D eigenvalue weighted by Gasteiger charge is -1.88. The van der Waals surface area contributed by atoms with Crippen LogP contribution < -0.4 is 0 Å². The number of H-pyrrole nitrogens is 1. The van der Waals surface area contributed by atoms with E-state index in [1.54, 1.807) is 11.3 Å². The standard InChI is InChI=1S/C9H10N2OS/c12-4-2-8-6-13-9(11-8)7-1-3-10-5-7/h1,3,5-6,10,12H,2,4H2. The fourth-order valence-corrected chi connectivity index (χ4v) is 1.98. The fourth-order valence-electron chi connectivity index (χ4n) is 1.13. The van der Waals surface area contributed by atoms with Gasteiger partial charge in [-0.15, -0.1) is 11.3 Å². The van der Waals surface area contributed by atoms with Gasteiger partial charge in [0.2, 0.25) is 0 Å². The molecule has 2 N–H and O–H groups in total.